The maximum Gasteiger partial charge on any atom is 0.346 e. The van der Waals surface area contributed by atoms with E-state index in [-0.39, 0.29) is 0 Å². The van der Waals surface area contributed by atoms with Gasteiger partial charge in [-0.2, -0.15) is 0 Å². The fourth-order valence-corrected chi connectivity index (χ4v) is 1.12. The van der Waals surface area contributed by atoms with Crippen LogP contribution in [0.2, 0.25) is 0 Å². The zero-order valence-electron chi connectivity index (χ0n) is 9.02. The van der Waals surface area contributed by atoms with Crippen LogP contribution >= 0.6 is 0 Å². The fourth-order valence-electron chi connectivity index (χ4n) is 1.12. The minimum Gasteiger partial charge on any atom is -0.493 e. The number of methoxy groups -OCH3 is 2. The van der Waals surface area contributed by atoms with E-state index in [2.05, 4.69) is 4.74 Å². The van der Waals surface area contributed by atoms with Gasteiger partial charge in [-0.3, -0.25) is 0 Å². The molecule has 0 N–H and O–H groups in total. The molecule has 0 spiro atoms. The van der Waals surface area contributed by atoms with Crippen LogP contribution in [0.3, 0.4) is 0 Å². The van der Waals surface area contributed by atoms with Gasteiger partial charge in [-0.15, -0.1) is 0 Å². The van der Waals surface area contributed by atoms with Crippen LogP contribution in [0, 0.1) is 0 Å². The van der Waals surface area contributed by atoms with Crippen molar-refractivity contribution in [3.05, 3.63) is 24.3 Å². The third kappa shape index (κ3) is 2.87. The molecule has 0 aliphatic rings. The van der Waals surface area contributed by atoms with Crippen molar-refractivity contribution in [2.24, 2.45) is 0 Å². The van der Waals surface area contributed by atoms with E-state index in [1.54, 1.807) is 26.2 Å². The molecule has 1 atom stereocenters. The molecule has 1 unspecified atom stereocenters. The maximum atomic E-state index is 11.1. The summed E-state index contributed by atoms with van der Waals surface area (Å²) in [5.74, 6) is 0.701. The van der Waals surface area contributed by atoms with Crippen molar-refractivity contribution in [3.63, 3.8) is 0 Å². The van der Waals surface area contributed by atoms with Crippen LogP contribution in [0.5, 0.6) is 11.5 Å². The second-order valence-electron chi connectivity index (χ2n) is 2.93. The maximum absolute atomic E-state index is 11.1. The Morgan fingerprint density at radius 3 is 2.33 bits per heavy atom. The molecule has 15 heavy (non-hydrogen) atoms. The summed E-state index contributed by atoms with van der Waals surface area (Å²) in [6.45, 7) is 1.62. The van der Waals surface area contributed by atoms with E-state index in [4.69, 9.17) is 9.47 Å². The molecule has 0 aliphatic heterocycles. The molecule has 1 aromatic rings. The first-order valence-corrected chi connectivity index (χ1v) is 4.56. The summed E-state index contributed by atoms with van der Waals surface area (Å²) < 4.78 is 15.0. The third-order valence-electron chi connectivity index (χ3n) is 1.91. The van der Waals surface area contributed by atoms with Crippen LogP contribution in [0.4, 0.5) is 0 Å². The quantitative estimate of drug-likeness (QED) is 0.708. The minimum atomic E-state index is -0.647. The number of carbonyl (C=O) groups excluding carboxylic acids is 1. The van der Waals surface area contributed by atoms with Gasteiger partial charge >= 0.3 is 5.97 Å². The number of esters is 1. The predicted molar refractivity (Wildman–Crippen MR) is 55.1 cm³/mol. The lowest BCUT2D eigenvalue weighted by Crippen LogP contribution is -2.25. The van der Waals surface area contributed by atoms with Gasteiger partial charge in [-0.05, 0) is 19.1 Å². The van der Waals surface area contributed by atoms with Crippen LogP contribution in [0.15, 0.2) is 24.3 Å². The average molecular weight is 210 g/mol. The lowest BCUT2D eigenvalue weighted by molar-refractivity contribution is -0.147. The molecule has 0 bridgehead atoms. The first-order valence-electron chi connectivity index (χ1n) is 4.56. The monoisotopic (exact) mass is 210 g/mol. The zero-order valence-corrected chi connectivity index (χ0v) is 9.02. The van der Waals surface area contributed by atoms with Crippen molar-refractivity contribution in [1.82, 2.24) is 0 Å². The third-order valence-corrected chi connectivity index (χ3v) is 1.91. The van der Waals surface area contributed by atoms with E-state index < -0.39 is 12.1 Å². The smallest absolute Gasteiger partial charge is 0.346 e. The molecule has 0 fully saturated rings. The lowest BCUT2D eigenvalue weighted by atomic mass is 10.3. The largest absolute Gasteiger partial charge is 0.493 e. The second kappa shape index (κ2) is 5.24. The van der Waals surface area contributed by atoms with Gasteiger partial charge in [0.2, 0.25) is 0 Å². The topological polar surface area (TPSA) is 44.8 Å². The molecular formula is C11H14O4. The molecule has 0 saturated heterocycles. The molecule has 1 rings (SSSR count). The highest BCUT2D eigenvalue weighted by Crippen LogP contribution is 2.26. The predicted octanol–water partition coefficient (Wildman–Crippen LogP) is 1.64. The van der Waals surface area contributed by atoms with Gasteiger partial charge in [0, 0.05) is 0 Å². The average Bonchev–Trinajstić information content (AvgIpc) is 2.28. The fraction of sp³-hybridized carbons (Fsp3) is 0.364. The van der Waals surface area contributed by atoms with E-state index in [1.807, 2.05) is 12.1 Å². The van der Waals surface area contributed by atoms with Gasteiger partial charge in [0.25, 0.3) is 0 Å². The van der Waals surface area contributed by atoms with E-state index in [0.29, 0.717) is 11.5 Å². The summed E-state index contributed by atoms with van der Waals surface area (Å²) in [5, 5.41) is 0. The number of ether oxygens (including phenoxy) is 3. The number of benzene rings is 1. The Labute approximate surface area is 88.8 Å². The molecule has 0 radical (unpaired) electrons. The minimum absolute atomic E-state index is 0.416. The lowest BCUT2D eigenvalue weighted by Gasteiger charge is -2.14. The first-order chi connectivity index (χ1) is 7.19. The highest BCUT2D eigenvalue weighted by Gasteiger charge is 2.16. The number of rotatable bonds is 4. The van der Waals surface area contributed by atoms with Crippen LogP contribution in [-0.4, -0.2) is 26.3 Å². The molecular weight excluding hydrogens is 196 g/mol. The van der Waals surface area contributed by atoms with Gasteiger partial charge < -0.3 is 14.2 Å². The highest BCUT2D eigenvalue weighted by molar-refractivity contribution is 5.74. The summed E-state index contributed by atoms with van der Waals surface area (Å²) in [6.07, 6.45) is -0.647. The Morgan fingerprint density at radius 2 is 1.80 bits per heavy atom. The van der Waals surface area contributed by atoms with Crippen LogP contribution in [-0.2, 0) is 9.53 Å². The molecule has 4 heteroatoms. The van der Waals surface area contributed by atoms with Gasteiger partial charge in [0.1, 0.15) is 0 Å². The first kappa shape index (κ1) is 11.4. The SMILES string of the molecule is COC(=O)C(C)Oc1ccccc1OC. The summed E-state index contributed by atoms with van der Waals surface area (Å²) >= 11 is 0. The van der Waals surface area contributed by atoms with Gasteiger partial charge in [0.15, 0.2) is 17.6 Å². The molecule has 0 heterocycles. The van der Waals surface area contributed by atoms with Crippen LogP contribution < -0.4 is 9.47 Å². The molecule has 0 aliphatic carbocycles. The van der Waals surface area contributed by atoms with Crippen LogP contribution in [0.1, 0.15) is 6.92 Å². The summed E-state index contributed by atoms with van der Waals surface area (Å²) in [6, 6.07) is 7.13. The molecule has 0 aromatic heterocycles. The number of hydrogen-bond donors (Lipinski definition) is 0. The van der Waals surface area contributed by atoms with Crippen molar-refractivity contribution < 1.29 is 19.0 Å². The Hall–Kier alpha value is -1.71. The molecule has 1 aromatic carbocycles. The van der Waals surface area contributed by atoms with Crippen molar-refractivity contribution in [1.29, 1.82) is 0 Å². The Bertz CT molecular complexity index is 335. The molecule has 82 valence electrons. The summed E-state index contributed by atoms with van der Waals surface area (Å²) in [4.78, 5) is 11.1. The Morgan fingerprint density at radius 1 is 1.20 bits per heavy atom. The number of para-hydroxylation sites is 2. The Balaban J connectivity index is 2.75. The van der Waals surface area contributed by atoms with Gasteiger partial charge in [0.05, 0.1) is 14.2 Å². The van der Waals surface area contributed by atoms with Crippen molar-refractivity contribution >= 4 is 5.97 Å². The van der Waals surface area contributed by atoms with Crippen molar-refractivity contribution in [2.45, 2.75) is 13.0 Å². The highest BCUT2D eigenvalue weighted by atomic mass is 16.6. The summed E-state index contributed by atoms with van der Waals surface area (Å²) in [5.41, 5.74) is 0. The van der Waals surface area contributed by atoms with E-state index in [0.717, 1.165) is 0 Å². The van der Waals surface area contributed by atoms with Gasteiger partial charge in [-0.25, -0.2) is 4.79 Å². The molecule has 4 nitrogen and oxygen atoms in total. The number of carbonyl (C=O) groups is 1. The van der Waals surface area contributed by atoms with E-state index in [9.17, 15) is 4.79 Å². The Kier molecular flexibility index (Phi) is 3.97. The standard InChI is InChI=1S/C11H14O4/c1-8(11(12)14-3)15-10-7-5-4-6-9(10)13-2/h4-8H,1-3H3. The van der Waals surface area contributed by atoms with E-state index >= 15 is 0 Å². The van der Waals surface area contributed by atoms with Gasteiger partial charge in [-0.1, -0.05) is 12.1 Å². The molecule has 0 amide bonds. The molecule has 0 saturated carbocycles. The van der Waals surface area contributed by atoms with E-state index in [1.165, 1.54) is 7.11 Å². The summed E-state index contributed by atoms with van der Waals surface area (Å²) in [7, 11) is 2.87. The van der Waals surface area contributed by atoms with Crippen LogP contribution in [0.25, 0.3) is 0 Å². The van der Waals surface area contributed by atoms with Crippen molar-refractivity contribution in [3.8, 4) is 11.5 Å². The van der Waals surface area contributed by atoms with Crippen molar-refractivity contribution in [2.75, 3.05) is 14.2 Å². The normalized spacial score (nSPS) is 11.7. The zero-order chi connectivity index (χ0) is 11.3. The number of hydrogen-bond acceptors (Lipinski definition) is 4. The second-order valence-corrected chi connectivity index (χ2v) is 2.93.